The average Bonchev–Trinajstić information content (AvgIpc) is 2.98. The van der Waals surface area contributed by atoms with Crippen molar-refractivity contribution in [2.24, 2.45) is 12.9 Å². The van der Waals surface area contributed by atoms with Crippen LogP contribution in [0.1, 0.15) is 43.4 Å². The Morgan fingerprint density at radius 3 is 2.75 bits per heavy atom. The summed E-state index contributed by atoms with van der Waals surface area (Å²) < 4.78 is 4.81. The van der Waals surface area contributed by atoms with Gasteiger partial charge in [0.15, 0.2) is 0 Å². The van der Waals surface area contributed by atoms with Gasteiger partial charge in [-0.1, -0.05) is 13.8 Å². The summed E-state index contributed by atoms with van der Waals surface area (Å²) in [4.78, 5) is 0. The highest BCUT2D eigenvalue weighted by Gasteiger charge is 2.24. The Hall–Kier alpha value is -1.18. The highest BCUT2D eigenvalue weighted by Crippen LogP contribution is 2.28. The van der Waals surface area contributed by atoms with Crippen LogP contribution in [0.2, 0.25) is 0 Å². The first-order valence-corrected chi connectivity index (χ1v) is 7.61. The fourth-order valence-electron chi connectivity index (χ4n) is 2.34. The van der Waals surface area contributed by atoms with Crippen LogP contribution in [-0.4, -0.2) is 19.6 Å². The summed E-state index contributed by atoms with van der Waals surface area (Å²) in [5.41, 5.74) is 6.00. The molecule has 2 aromatic heterocycles. The largest absolute Gasteiger partial charge is 0.270 e. The second-order valence-corrected chi connectivity index (χ2v) is 5.59. The summed E-state index contributed by atoms with van der Waals surface area (Å²) in [6.07, 6.45) is 3.73. The summed E-state index contributed by atoms with van der Waals surface area (Å²) in [5, 5.41) is 8.89. The molecule has 0 aromatic carbocycles. The zero-order chi connectivity index (χ0) is 14.7. The predicted octanol–water partition coefficient (Wildman–Crippen LogP) is 1.90. The molecule has 0 aliphatic heterocycles. The van der Waals surface area contributed by atoms with Gasteiger partial charge in [-0.3, -0.25) is 15.2 Å². The fraction of sp³-hybridized carbons (Fsp3) is 0.538. The number of aromatic nitrogens is 4. The number of nitrogens with zero attached hydrogens (tertiary/aromatic N) is 4. The summed E-state index contributed by atoms with van der Waals surface area (Å²) in [6.45, 7) is 5.08. The molecule has 2 rings (SSSR count). The lowest BCUT2D eigenvalue weighted by atomic mass is 10.1. The maximum Gasteiger partial charge on any atom is 0.106 e. The molecule has 1 unspecified atom stereocenters. The lowest BCUT2D eigenvalue weighted by Crippen LogP contribution is -2.32. The van der Waals surface area contributed by atoms with Gasteiger partial charge in [-0.05, 0) is 34.8 Å². The quantitative estimate of drug-likeness (QED) is 0.622. The Morgan fingerprint density at radius 1 is 1.45 bits per heavy atom. The third-order valence-electron chi connectivity index (χ3n) is 3.33. The van der Waals surface area contributed by atoms with Crippen LogP contribution < -0.4 is 11.3 Å². The number of halogens is 1. The van der Waals surface area contributed by atoms with Gasteiger partial charge in [-0.15, -0.1) is 0 Å². The van der Waals surface area contributed by atoms with Crippen molar-refractivity contribution < 1.29 is 0 Å². The van der Waals surface area contributed by atoms with Crippen LogP contribution >= 0.6 is 15.9 Å². The van der Waals surface area contributed by atoms with E-state index in [1.165, 1.54) is 0 Å². The molecule has 6 nitrogen and oxygen atoms in total. The van der Waals surface area contributed by atoms with Gasteiger partial charge >= 0.3 is 0 Å². The van der Waals surface area contributed by atoms with Crippen molar-refractivity contribution in [1.82, 2.24) is 25.0 Å². The van der Waals surface area contributed by atoms with Gasteiger partial charge in [-0.2, -0.15) is 10.2 Å². The number of nitrogens with two attached hydrogens (primary N) is 1. The Bertz CT molecular complexity index is 573. The van der Waals surface area contributed by atoms with E-state index < -0.39 is 0 Å². The molecule has 0 radical (unpaired) electrons. The first-order valence-electron chi connectivity index (χ1n) is 6.82. The Labute approximate surface area is 127 Å². The molecule has 2 heterocycles. The Morgan fingerprint density at radius 2 is 2.20 bits per heavy atom. The molecular weight excluding hydrogens is 320 g/mol. The molecular formula is C13H21BrN6. The molecule has 110 valence electrons. The number of rotatable bonds is 6. The second kappa shape index (κ2) is 6.51. The van der Waals surface area contributed by atoms with Crippen molar-refractivity contribution in [2.75, 3.05) is 0 Å². The molecule has 2 aromatic rings. The molecule has 7 heteroatoms. The topological polar surface area (TPSA) is 73.7 Å². The SMILES string of the molecule is CCCn1ncc(Br)c1C(NN)c1cc(CC)nn1C. The molecule has 3 N–H and O–H groups in total. The van der Waals surface area contributed by atoms with Crippen molar-refractivity contribution >= 4 is 15.9 Å². The summed E-state index contributed by atoms with van der Waals surface area (Å²) in [6, 6.07) is 1.94. The maximum absolute atomic E-state index is 5.80. The van der Waals surface area contributed by atoms with Gasteiger partial charge < -0.3 is 0 Å². The van der Waals surface area contributed by atoms with E-state index in [-0.39, 0.29) is 6.04 Å². The van der Waals surface area contributed by atoms with Gasteiger partial charge in [0.2, 0.25) is 0 Å². The van der Waals surface area contributed by atoms with Crippen molar-refractivity contribution in [3.8, 4) is 0 Å². The van der Waals surface area contributed by atoms with E-state index in [2.05, 4.69) is 51.5 Å². The van der Waals surface area contributed by atoms with E-state index in [0.717, 1.165) is 40.9 Å². The van der Waals surface area contributed by atoms with E-state index in [1.54, 1.807) is 0 Å². The summed E-state index contributed by atoms with van der Waals surface area (Å²) >= 11 is 3.57. The Balaban J connectivity index is 2.46. The number of hydrogen-bond acceptors (Lipinski definition) is 4. The van der Waals surface area contributed by atoms with Crippen LogP contribution in [0.3, 0.4) is 0 Å². The number of nitrogens with one attached hydrogen (secondary N) is 1. The molecule has 0 bridgehead atoms. The molecule has 1 atom stereocenters. The zero-order valence-corrected chi connectivity index (χ0v) is 13.7. The first kappa shape index (κ1) is 15.2. The molecule has 0 aliphatic rings. The number of aryl methyl sites for hydroxylation is 3. The average molecular weight is 341 g/mol. The van der Waals surface area contributed by atoms with Crippen LogP contribution in [0.4, 0.5) is 0 Å². The molecule has 0 spiro atoms. The smallest absolute Gasteiger partial charge is 0.106 e. The summed E-state index contributed by atoms with van der Waals surface area (Å²) in [7, 11) is 1.94. The highest BCUT2D eigenvalue weighted by molar-refractivity contribution is 9.10. The monoisotopic (exact) mass is 340 g/mol. The molecule has 0 amide bonds. The molecule has 0 saturated carbocycles. The third kappa shape index (κ3) is 2.79. The van der Waals surface area contributed by atoms with Crippen LogP contribution in [0.15, 0.2) is 16.7 Å². The van der Waals surface area contributed by atoms with Crippen molar-refractivity contribution in [2.45, 2.75) is 39.3 Å². The lowest BCUT2D eigenvalue weighted by molar-refractivity contribution is 0.498. The van der Waals surface area contributed by atoms with Gasteiger partial charge in [0.05, 0.1) is 27.8 Å². The first-order chi connectivity index (χ1) is 9.62. The zero-order valence-electron chi connectivity index (χ0n) is 12.1. The van der Waals surface area contributed by atoms with Crippen LogP contribution in [0, 0.1) is 0 Å². The fourth-order valence-corrected chi connectivity index (χ4v) is 2.86. The molecule has 0 fully saturated rings. The van der Waals surface area contributed by atoms with Gasteiger partial charge in [0, 0.05) is 13.6 Å². The predicted molar refractivity (Wildman–Crippen MR) is 82.0 cm³/mol. The van der Waals surface area contributed by atoms with Crippen LogP contribution in [0.25, 0.3) is 0 Å². The molecule has 0 saturated heterocycles. The van der Waals surface area contributed by atoms with Crippen molar-refractivity contribution in [1.29, 1.82) is 0 Å². The number of hydrazine groups is 1. The van der Waals surface area contributed by atoms with Crippen LogP contribution in [-0.2, 0) is 20.0 Å². The minimum absolute atomic E-state index is 0.142. The third-order valence-corrected chi connectivity index (χ3v) is 3.94. The lowest BCUT2D eigenvalue weighted by Gasteiger charge is -2.18. The van der Waals surface area contributed by atoms with E-state index in [9.17, 15) is 0 Å². The van der Waals surface area contributed by atoms with E-state index >= 15 is 0 Å². The minimum atomic E-state index is -0.142. The Kier molecular flexibility index (Phi) is 4.95. The maximum atomic E-state index is 5.80. The van der Waals surface area contributed by atoms with E-state index in [0.29, 0.717) is 0 Å². The van der Waals surface area contributed by atoms with E-state index in [4.69, 9.17) is 5.84 Å². The van der Waals surface area contributed by atoms with Gasteiger partial charge in [-0.25, -0.2) is 5.43 Å². The summed E-state index contributed by atoms with van der Waals surface area (Å²) in [5.74, 6) is 5.80. The second-order valence-electron chi connectivity index (χ2n) is 4.74. The molecule has 20 heavy (non-hydrogen) atoms. The van der Waals surface area contributed by atoms with Gasteiger partial charge in [0.1, 0.15) is 6.04 Å². The number of hydrogen-bond donors (Lipinski definition) is 2. The minimum Gasteiger partial charge on any atom is -0.270 e. The van der Waals surface area contributed by atoms with Gasteiger partial charge in [0.25, 0.3) is 0 Å². The standard InChI is InChI=1S/C13H21BrN6/c1-4-6-20-13(10(14)8-16-20)12(17-15)11-7-9(5-2)18-19(11)3/h7-8,12,17H,4-6,15H2,1-3H3. The molecule has 0 aliphatic carbocycles. The normalized spacial score (nSPS) is 12.8. The van der Waals surface area contributed by atoms with Crippen molar-refractivity contribution in [3.05, 3.63) is 33.8 Å². The van der Waals surface area contributed by atoms with Crippen LogP contribution in [0.5, 0.6) is 0 Å². The highest BCUT2D eigenvalue weighted by atomic mass is 79.9. The van der Waals surface area contributed by atoms with Crippen molar-refractivity contribution in [3.63, 3.8) is 0 Å². The van der Waals surface area contributed by atoms with E-state index in [1.807, 2.05) is 22.6 Å².